The maximum absolute atomic E-state index is 12.4. The van der Waals surface area contributed by atoms with Gasteiger partial charge in [-0.3, -0.25) is 14.5 Å². The molecule has 1 aromatic rings. The molecule has 0 radical (unpaired) electrons. The Hall–Kier alpha value is -1.73. The van der Waals surface area contributed by atoms with E-state index in [9.17, 15) is 14.7 Å². The predicted molar refractivity (Wildman–Crippen MR) is 106 cm³/mol. The Balaban J connectivity index is 1.32. The average molecular weight is 389 g/mol. The van der Waals surface area contributed by atoms with Gasteiger partial charge in [-0.25, -0.2) is 4.68 Å². The molecular weight excluding hydrogens is 356 g/mol. The van der Waals surface area contributed by atoms with Gasteiger partial charge in [-0.15, -0.1) is 0 Å². The van der Waals surface area contributed by atoms with Crippen molar-refractivity contribution in [1.82, 2.24) is 19.6 Å². The third kappa shape index (κ3) is 4.30. The number of rotatable bonds is 4. The molecule has 0 spiro atoms. The Morgan fingerprint density at radius 3 is 2.82 bits per heavy atom. The second kappa shape index (κ2) is 7.95. The molecule has 28 heavy (non-hydrogen) atoms. The Bertz CT molecular complexity index is 786. The normalized spacial score (nSPS) is 26.4. The number of aryl methyl sites for hydroxylation is 2. The topological polar surface area (TPSA) is 78.7 Å². The van der Waals surface area contributed by atoms with Crippen LogP contribution in [-0.2, 0) is 24.2 Å². The summed E-state index contributed by atoms with van der Waals surface area (Å²) in [5, 5.41) is 15.7. The molecule has 3 heterocycles. The number of nitrogens with zero attached hydrogens (tertiary/aromatic N) is 4. The molecule has 154 valence electrons. The van der Waals surface area contributed by atoms with Gasteiger partial charge in [0.25, 0.3) is 5.56 Å². The van der Waals surface area contributed by atoms with Crippen LogP contribution < -0.4 is 5.56 Å². The van der Waals surface area contributed by atoms with Crippen LogP contribution in [0.3, 0.4) is 0 Å². The number of fused-ring (bicyclic) bond motifs is 1. The number of carbonyl (C=O) groups is 1. The lowest BCUT2D eigenvalue weighted by Gasteiger charge is -2.44. The molecule has 1 aromatic heterocycles. The molecule has 1 amide bonds. The number of likely N-dealkylation sites (tertiary alicyclic amines) is 2. The molecule has 2 fully saturated rings. The summed E-state index contributed by atoms with van der Waals surface area (Å²) in [7, 11) is 0. The molecule has 0 bridgehead atoms. The summed E-state index contributed by atoms with van der Waals surface area (Å²) in [5.41, 5.74) is 1.42. The van der Waals surface area contributed by atoms with Gasteiger partial charge in [-0.05, 0) is 50.5 Å². The van der Waals surface area contributed by atoms with E-state index in [4.69, 9.17) is 0 Å². The second-order valence-corrected chi connectivity index (χ2v) is 9.03. The van der Waals surface area contributed by atoms with E-state index in [1.165, 1.54) is 0 Å². The Labute approximate surface area is 166 Å². The van der Waals surface area contributed by atoms with Crippen molar-refractivity contribution in [2.75, 3.05) is 32.7 Å². The van der Waals surface area contributed by atoms with Crippen molar-refractivity contribution in [1.29, 1.82) is 0 Å². The van der Waals surface area contributed by atoms with Crippen LogP contribution in [0, 0.1) is 5.92 Å². The summed E-state index contributed by atoms with van der Waals surface area (Å²) >= 11 is 0. The van der Waals surface area contributed by atoms with Crippen LogP contribution in [0.4, 0.5) is 0 Å². The van der Waals surface area contributed by atoms with Crippen LogP contribution >= 0.6 is 0 Å². The van der Waals surface area contributed by atoms with Crippen molar-refractivity contribution in [3.8, 4) is 0 Å². The smallest absolute Gasteiger partial charge is 0.267 e. The predicted octanol–water partition coefficient (Wildman–Crippen LogP) is 0.817. The summed E-state index contributed by atoms with van der Waals surface area (Å²) in [6.45, 7) is 5.73. The maximum Gasteiger partial charge on any atom is 0.267 e. The van der Waals surface area contributed by atoms with E-state index in [1.54, 1.807) is 22.6 Å². The van der Waals surface area contributed by atoms with Crippen LogP contribution in [0.25, 0.3) is 0 Å². The molecule has 1 atom stereocenters. The lowest BCUT2D eigenvalue weighted by atomic mass is 9.92. The highest BCUT2D eigenvalue weighted by molar-refractivity contribution is 5.73. The second-order valence-electron chi connectivity index (χ2n) is 9.03. The van der Waals surface area contributed by atoms with E-state index < -0.39 is 5.60 Å². The van der Waals surface area contributed by atoms with Crippen molar-refractivity contribution in [3.05, 3.63) is 27.7 Å². The first kappa shape index (κ1) is 19.6. The van der Waals surface area contributed by atoms with Gasteiger partial charge >= 0.3 is 0 Å². The van der Waals surface area contributed by atoms with Crippen LogP contribution in [0.2, 0.25) is 0 Å². The molecule has 1 unspecified atom stereocenters. The van der Waals surface area contributed by atoms with E-state index >= 15 is 0 Å². The van der Waals surface area contributed by atoms with E-state index in [-0.39, 0.29) is 11.5 Å². The first-order valence-electron chi connectivity index (χ1n) is 10.7. The van der Waals surface area contributed by atoms with Gasteiger partial charge in [0.05, 0.1) is 24.4 Å². The summed E-state index contributed by atoms with van der Waals surface area (Å²) in [4.78, 5) is 28.1. The average Bonchev–Trinajstić information content (AvgIpc) is 2.82. The minimum atomic E-state index is -0.825. The van der Waals surface area contributed by atoms with Crippen LogP contribution in [-0.4, -0.2) is 68.9 Å². The third-order valence-corrected chi connectivity index (χ3v) is 6.51. The number of aliphatic hydroxyl groups is 1. The molecule has 2 saturated heterocycles. The first-order valence-corrected chi connectivity index (χ1v) is 10.7. The highest BCUT2D eigenvalue weighted by Crippen LogP contribution is 2.26. The van der Waals surface area contributed by atoms with E-state index in [0.717, 1.165) is 75.8 Å². The fraction of sp³-hybridized carbons (Fsp3) is 0.762. The number of hydrogen-bond acceptors (Lipinski definition) is 5. The summed E-state index contributed by atoms with van der Waals surface area (Å²) in [6.07, 6.45) is 6.91. The molecule has 3 aliphatic rings. The lowest BCUT2D eigenvalue weighted by molar-refractivity contribution is -0.133. The lowest BCUT2D eigenvalue weighted by Crippen LogP contribution is -2.58. The van der Waals surface area contributed by atoms with Crippen LogP contribution in [0.1, 0.15) is 50.3 Å². The SMILES string of the molecule is CC(=O)N1CCCCC(O)(CN2CC(Cn3nc4c(cc3=O)CCCC4)C2)C1. The molecule has 4 rings (SSSR count). The molecule has 2 aliphatic heterocycles. The Morgan fingerprint density at radius 2 is 2.04 bits per heavy atom. The van der Waals surface area contributed by atoms with Gasteiger partial charge in [-0.1, -0.05) is 0 Å². The molecule has 1 N–H and O–H groups in total. The van der Waals surface area contributed by atoms with Gasteiger partial charge in [0, 0.05) is 45.1 Å². The number of β-amino-alcohol motifs (C(OH)–C–C–N with tert-alkyl or cyclic N) is 1. The largest absolute Gasteiger partial charge is 0.387 e. The molecule has 1 aliphatic carbocycles. The van der Waals surface area contributed by atoms with Gasteiger partial charge in [-0.2, -0.15) is 5.10 Å². The van der Waals surface area contributed by atoms with Crippen molar-refractivity contribution in [2.45, 2.75) is 64.0 Å². The standard InChI is InChI=1S/C21H32N4O3/c1-16(26)24-9-5-4-8-21(28,15-24)14-23-11-17(12-23)13-25-20(27)10-18-6-2-3-7-19(18)22-25/h10,17,28H,2-9,11-15H2,1H3. The number of aromatic nitrogens is 2. The van der Waals surface area contributed by atoms with Gasteiger partial charge in [0.2, 0.25) is 5.91 Å². The van der Waals surface area contributed by atoms with Gasteiger partial charge in [0.15, 0.2) is 0 Å². The Morgan fingerprint density at radius 1 is 1.25 bits per heavy atom. The van der Waals surface area contributed by atoms with Gasteiger partial charge in [0.1, 0.15) is 0 Å². The minimum Gasteiger partial charge on any atom is -0.387 e. The quantitative estimate of drug-likeness (QED) is 0.826. The summed E-state index contributed by atoms with van der Waals surface area (Å²) in [6, 6.07) is 1.78. The highest BCUT2D eigenvalue weighted by Gasteiger charge is 2.38. The third-order valence-electron chi connectivity index (χ3n) is 6.51. The molecular formula is C21H32N4O3. The number of amides is 1. The molecule has 0 saturated carbocycles. The monoisotopic (exact) mass is 388 g/mol. The van der Waals surface area contributed by atoms with Crippen LogP contribution in [0.5, 0.6) is 0 Å². The highest BCUT2D eigenvalue weighted by atomic mass is 16.3. The summed E-state index contributed by atoms with van der Waals surface area (Å²) in [5.74, 6) is 0.435. The van der Waals surface area contributed by atoms with Crippen LogP contribution in [0.15, 0.2) is 10.9 Å². The van der Waals surface area contributed by atoms with Gasteiger partial charge < -0.3 is 10.0 Å². The van der Waals surface area contributed by atoms with Crippen molar-refractivity contribution in [3.63, 3.8) is 0 Å². The van der Waals surface area contributed by atoms with Crippen molar-refractivity contribution < 1.29 is 9.90 Å². The fourth-order valence-electron chi connectivity index (χ4n) is 4.98. The maximum atomic E-state index is 12.4. The zero-order valence-electron chi connectivity index (χ0n) is 16.9. The molecule has 7 heteroatoms. The van der Waals surface area contributed by atoms with Crippen molar-refractivity contribution >= 4 is 5.91 Å². The van der Waals surface area contributed by atoms with Crippen molar-refractivity contribution in [2.24, 2.45) is 5.92 Å². The number of hydrogen-bond donors (Lipinski definition) is 1. The van der Waals surface area contributed by atoms with E-state index in [1.807, 2.05) is 0 Å². The first-order chi connectivity index (χ1) is 13.4. The Kier molecular flexibility index (Phi) is 5.56. The fourth-order valence-corrected chi connectivity index (χ4v) is 4.98. The summed E-state index contributed by atoms with van der Waals surface area (Å²) < 4.78 is 1.64. The number of carbonyl (C=O) groups excluding carboxylic acids is 1. The zero-order chi connectivity index (χ0) is 19.7. The van der Waals surface area contributed by atoms with E-state index in [0.29, 0.717) is 25.6 Å². The van der Waals surface area contributed by atoms with E-state index in [2.05, 4.69) is 10.00 Å². The molecule has 7 nitrogen and oxygen atoms in total. The molecule has 0 aromatic carbocycles. The minimum absolute atomic E-state index is 0.0126. The zero-order valence-corrected chi connectivity index (χ0v) is 16.9.